The number of alkyl halides is 6. The zero-order chi connectivity index (χ0) is 17.3. The van der Waals surface area contributed by atoms with Crippen LogP contribution in [0.1, 0.15) is 5.56 Å². The maximum absolute atomic E-state index is 13.9. The quantitative estimate of drug-likeness (QED) is 0.613. The van der Waals surface area contributed by atoms with E-state index >= 15 is 0 Å². The average Bonchev–Trinajstić information content (AvgIpc) is 2.49. The number of para-hydroxylation sites is 3. The van der Waals surface area contributed by atoms with Gasteiger partial charge in [0, 0.05) is 0 Å². The Hall–Kier alpha value is -2.38. The number of hydrogen-bond donors (Lipinski definition) is 1. The predicted octanol–water partition coefficient (Wildman–Crippen LogP) is 5.05. The van der Waals surface area contributed by atoms with Crippen molar-refractivity contribution in [3.05, 3.63) is 54.1 Å². The Bertz CT molecular complexity index is 689. The molecule has 8 heteroatoms. The van der Waals surface area contributed by atoms with Crippen molar-refractivity contribution in [1.82, 2.24) is 0 Å². The molecule has 124 valence electrons. The highest BCUT2D eigenvalue weighted by atomic mass is 19.3. The molecule has 0 aliphatic carbocycles. The number of nitrogens with two attached hydrogens (primary N) is 1. The predicted molar refractivity (Wildman–Crippen MR) is 72.2 cm³/mol. The second kappa shape index (κ2) is 6.02. The van der Waals surface area contributed by atoms with Crippen LogP contribution < -0.4 is 10.5 Å². The first-order valence-electron chi connectivity index (χ1n) is 6.33. The van der Waals surface area contributed by atoms with E-state index in [1.165, 1.54) is 24.3 Å². The van der Waals surface area contributed by atoms with Gasteiger partial charge in [0.05, 0.1) is 11.3 Å². The standard InChI is InChI=1S/C15H11F6NO/c16-13(17)15(20,21)14(18,19)9-5-1-3-7-11(9)23-12-8-4-2-6-10(12)22/h1-8,13H,22H2. The van der Waals surface area contributed by atoms with Crippen molar-refractivity contribution in [1.29, 1.82) is 0 Å². The summed E-state index contributed by atoms with van der Waals surface area (Å²) in [5.74, 6) is -11.4. The summed E-state index contributed by atoms with van der Waals surface area (Å²) in [6.07, 6.45) is -4.53. The maximum atomic E-state index is 13.9. The summed E-state index contributed by atoms with van der Waals surface area (Å²) < 4.78 is 84.0. The van der Waals surface area contributed by atoms with Crippen LogP contribution in [0, 0.1) is 0 Å². The Morgan fingerprint density at radius 1 is 0.826 bits per heavy atom. The number of halogens is 6. The van der Waals surface area contributed by atoms with E-state index in [0.29, 0.717) is 6.07 Å². The highest BCUT2D eigenvalue weighted by Crippen LogP contribution is 2.49. The molecule has 0 amide bonds. The lowest BCUT2D eigenvalue weighted by atomic mass is 10.0. The molecule has 0 radical (unpaired) electrons. The molecule has 0 bridgehead atoms. The van der Waals surface area contributed by atoms with E-state index in [-0.39, 0.29) is 11.4 Å². The highest BCUT2D eigenvalue weighted by Gasteiger charge is 2.64. The van der Waals surface area contributed by atoms with Gasteiger partial charge in [0.25, 0.3) is 0 Å². The summed E-state index contributed by atoms with van der Waals surface area (Å²) >= 11 is 0. The van der Waals surface area contributed by atoms with Gasteiger partial charge < -0.3 is 10.5 Å². The fourth-order valence-corrected chi connectivity index (χ4v) is 1.82. The summed E-state index contributed by atoms with van der Waals surface area (Å²) in [4.78, 5) is 0. The smallest absolute Gasteiger partial charge is 0.373 e. The molecule has 2 nitrogen and oxygen atoms in total. The third kappa shape index (κ3) is 3.06. The molecule has 0 atom stereocenters. The van der Waals surface area contributed by atoms with Crippen molar-refractivity contribution in [2.75, 3.05) is 5.73 Å². The molecule has 2 aromatic carbocycles. The molecule has 23 heavy (non-hydrogen) atoms. The van der Waals surface area contributed by atoms with Crippen LogP contribution in [0.2, 0.25) is 0 Å². The molecule has 0 unspecified atom stereocenters. The molecule has 2 rings (SSSR count). The summed E-state index contributed by atoms with van der Waals surface area (Å²) in [5.41, 5.74) is 4.30. The number of hydrogen-bond acceptors (Lipinski definition) is 2. The number of rotatable bonds is 5. The number of benzene rings is 2. The van der Waals surface area contributed by atoms with E-state index in [4.69, 9.17) is 10.5 Å². The Balaban J connectivity index is 2.48. The number of ether oxygens (including phenoxy) is 1. The highest BCUT2D eigenvalue weighted by molar-refractivity contribution is 5.54. The summed E-state index contributed by atoms with van der Waals surface area (Å²) in [6, 6.07) is 9.61. The first-order chi connectivity index (χ1) is 10.7. The molecule has 0 fully saturated rings. The molecule has 0 saturated carbocycles. The monoisotopic (exact) mass is 335 g/mol. The Kier molecular flexibility index (Phi) is 4.44. The molecular formula is C15H11F6NO. The molecule has 0 heterocycles. The summed E-state index contributed by atoms with van der Waals surface area (Å²) in [6.45, 7) is 0. The van der Waals surface area contributed by atoms with E-state index in [1.54, 1.807) is 6.07 Å². The number of nitrogen functional groups attached to an aromatic ring is 1. The minimum Gasteiger partial charge on any atom is -0.455 e. The molecule has 0 saturated heterocycles. The van der Waals surface area contributed by atoms with E-state index in [0.717, 1.165) is 12.1 Å². The van der Waals surface area contributed by atoms with Crippen molar-refractivity contribution >= 4 is 5.69 Å². The minimum atomic E-state index is -5.55. The van der Waals surface area contributed by atoms with Crippen molar-refractivity contribution in [3.63, 3.8) is 0 Å². The minimum absolute atomic E-state index is 0.0592. The molecule has 0 aliphatic rings. The Morgan fingerprint density at radius 2 is 1.35 bits per heavy atom. The first-order valence-corrected chi connectivity index (χ1v) is 6.33. The molecule has 0 aliphatic heterocycles. The van der Waals surface area contributed by atoms with Gasteiger partial charge in [-0.15, -0.1) is 0 Å². The summed E-state index contributed by atoms with van der Waals surface area (Å²) in [7, 11) is 0. The molecule has 0 spiro atoms. The van der Waals surface area contributed by atoms with Gasteiger partial charge in [-0.3, -0.25) is 0 Å². The zero-order valence-corrected chi connectivity index (χ0v) is 11.4. The third-order valence-electron chi connectivity index (χ3n) is 3.06. The van der Waals surface area contributed by atoms with E-state index in [2.05, 4.69) is 0 Å². The van der Waals surface area contributed by atoms with Gasteiger partial charge in [0.1, 0.15) is 11.5 Å². The van der Waals surface area contributed by atoms with Crippen molar-refractivity contribution in [2.24, 2.45) is 0 Å². The number of anilines is 1. The zero-order valence-electron chi connectivity index (χ0n) is 11.4. The van der Waals surface area contributed by atoms with Gasteiger partial charge in [-0.05, 0) is 24.3 Å². The fourth-order valence-electron chi connectivity index (χ4n) is 1.82. The largest absolute Gasteiger partial charge is 0.455 e. The normalized spacial score (nSPS) is 12.5. The lowest BCUT2D eigenvalue weighted by Crippen LogP contribution is -2.44. The van der Waals surface area contributed by atoms with Crippen molar-refractivity contribution in [2.45, 2.75) is 18.3 Å². The van der Waals surface area contributed by atoms with Crippen LogP contribution in [0.4, 0.5) is 32.0 Å². The SMILES string of the molecule is Nc1ccccc1Oc1ccccc1C(F)(F)C(F)(F)C(F)F. The van der Waals surface area contributed by atoms with Gasteiger partial charge in [-0.1, -0.05) is 24.3 Å². The second-order valence-electron chi connectivity index (χ2n) is 4.63. The molecule has 0 aromatic heterocycles. The van der Waals surface area contributed by atoms with Crippen LogP contribution in [0.3, 0.4) is 0 Å². The topological polar surface area (TPSA) is 35.2 Å². The van der Waals surface area contributed by atoms with Crippen molar-refractivity contribution < 1.29 is 31.1 Å². The fraction of sp³-hybridized carbons (Fsp3) is 0.200. The van der Waals surface area contributed by atoms with Crippen LogP contribution in [-0.2, 0) is 5.92 Å². The summed E-state index contributed by atoms with van der Waals surface area (Å²) in [5, 5.41) is 0. The van der Waals surface area contributed by atoms with Gasteiger partial charge >= 0.3 is 18.3 Å². The Labute approximate surface area is 127 Å². The van der Waals surface area contributed by atoms with Gasteiger partial charge in [-0.25, -0.2) is 8.78 Å². The molecule has 2 N–H and O–H groups in total. The lowest BCUT2D eigenvalue weighted by Gasteiger charge is -2.27. The van der Waals surface area contributed by atoms with Gasteiger partial charge in [-0.2, -0.15) is 17.6 Å². The van der Waals surface area contributed by atoms with Gasteiger partial charge in [0.15, 0.2) is 0 Å². The average molecular weight is 335 g/mol. The third-order valence-corrected chi connectivity index (χ3v) is 3.06. The lowest BCUT2D eigenvalue weighted by molar-refractivity contribution is -0.270. The van der Waals surface area contributed by atoms with Crippen LogP contribution in [-0.4, -0.2) is 12.3 Å². The van der Waals surface area contributed by atoms with Crippen molar-refractivity contribution in [3.8, 4) is 11.5 Å². The Morgan fingerprint density at radius 3 is 1.91 bits per heavy atom. The maximum Gasteiger partial charge on any atom is 0.373 e. The first kappa shape index (κ1) is 17.0. The van der Waals surface area contributed by atoms with Gasteiger partial charge in [0.2, 0.25) is 0 Å². The van der Waals surface area contributed by atoms with E-state index < -0.39 is 29.6 Å². The van der Waals surface area contributed by atoms with Crippen LogP contribution in [0.5, 0.6) is 11.5 Å². The second-order valence-corrected chi connectivity index (χ2v) is 4.63. The van der Waals surface area contributed by atoms with E-state index in [1.807, 2.05) is 0 Å². The molecule has 2 aromatic rings. The van der Waals surface area contributed by atoms with Crippen LogP contribution >= 0.6 is 0 Å². The van der Waals surface area contributed by atoms with Crippen LogP contribution in [0.15, 0.2) is 48.5 Å². The van der Waals surface area contributed by atoms with E-state index in [9.17, 15) is 26.3 Å². The molecular weight excluding hydrogens is 324 g/mol. The van der Waals surface area contributed by atoms with Crippen LogP contribution in [0.25, 0.3) is 0 Å².